The lowest BCUT2D eigenvalue weighted by atomic mass is 9.48. The molecule has 0 aromatic heterocycles. The Morgan fingerprint density at radius 3 is 2.21 bits per heavy atom. The summed E-state index contributed by atoms with van der Waals surface area (Å²) in [5, 5.41) is 0. The van der Waals surface area contributed by atoms with Crippen LogP contribution in [-0.4, -0.2) is 13.9 Å². The van der Waals surface area contributed by atoms with Gasteiger partial charge in [-0.05, 0) is 91.9 Å². The van der Waals surface area contributed by atoms with Gasteiger partial charge < -0.3 is 9.47 Å². The molecule has 4 saturated carbocycles. The van der Waals surface area contributed by atoms with Crippen molar-refractivity contribution in [3.05, 3.63) is 52.0 Å². The summed E-state index contributed by atoms with van der Waals surface area (Å²) in [6.07, 6.45) is 8.37. The lowest BCUT2D eigenvalue weighted by Crippen LogP contribution is -2.48. The van der Waals surface area contributed by atoms with Crippen LogP contribution in [0.2, 0.25) is 0 Å². The van der Waals surface area contributed by atoms with Gasteiger partial charge in [0.15, 0.2) is 6.79 Å². The quantitative estimate of drug-likeness (QED) is 0.471. The number of halogens is 1. The monoisotopic (exact) mass is 440 g/mol. The fourth-order valence-corrected chi connectivity index (χ4v) is 7.26. The molecule has 0 N–H and O–H groups in total. The van der Waals surface area contributed by atoms with Gasteiger partial charge in [0.25, 0.3) is 0 Å². The normalized spacial score (nSPS) is 30.6. The van der Waals surface area contributed by atoms with E-state index in [2.05, 4.69) is 59.3 Å². The van der Waals surface area contributed by atoms with Crippen LogP contribution < -0.4 is 4.74 Å². The van der Waals surface area contributed by atoms with Gasteiger partial charge in [0.2, 0.25) is 0 Å². The second kappa shape index (κ2) is 7.18. The Labute approximate surface area is 176 Å². The largest absolute Gasteiger partial charge is 0.467 e. The average molecular weight is 441 g/mol. The molecule has 28 heavy (non-hydrogen) atoms. The third-order valence-electron chi connectivity index (χ3n) is 7.33. The fraction of sp³-hybridized carbons (Fsp3) is 0.520. The molecule has 0 spiro atoms. The SMILES string of the molecule is COCOc1c(-c2ccccc2Br)cc(C)cc1C12CC3CC(CC(C3)C1)C2. The Bertz CT molecular complexity index is 853. The van der Waals surface area contributed by atoms with Crippen LogP contribution in [0.1, 0.15) is 49.7 Å². The summed E-state index contributed by atoms with van der Waals surface area (Å²) in [6.45, 7) is 2.52. The zero-order valence-corrected chi connectivity index (χ0v) is 18.4. The van der Waals surface area contributed by atoms with Gasteiger partial charge in [-0.1, -0.05) is 40.2 Å². The topological polar surface area (TPSA) is 18.5 Å². The van der Waals surface area contributed by atoms with E-state index < -0.39 is 0 Å². The molecule has 0 atom stereocenters. The van der Waals surface area contributed by atoms with Crippen LogP contribution in [0.15, 0.2) is 40.9 Å². The van der Waals surface area contributed by atoms with Crippen LogP contribution in [-0.2, 0) is 10.2 Å². The highest BCUT2D eigenvalue weighted by Gasteiger charge is 2.52. The van der Waals surface area contributed by atoms with E-state index in [-0.39, 0.29) is 0 Å². The maximum Gasteiger partial charge on any atom is 0.188 e. The van der Waals surface area contributed by atoms with E-state index in [1.807, 2.05) is 0 Å². The van der Waals surface area contributed by atoms with Gasteiger partial charge >= 0.3 is 0 Å². The molecule has 4 aliphatic carbocycles. The molecule has 2 aromatic carbocycles. The molecule has 2 aromatic rings. The van der Waals surface area contributed by atoms with Gasteiger partial charge in [-0.15, -0.1) is 0 Å². The van der Waals surface area contributed by atoms with Gasteiger partial charge in [-0.25, -0.2) is 0 Å². The summed E-state index contributed by atoms with van der Waals surface area (Å²) in [5.74, 6) is 3.78. The van der Waals surface area contributed by atoms with E-state index in [0.717, 1.165) is 28.0 Å². The van der Waals surface area contributed by atoms with Crippen molar-refractivity contribution in [1.82, 2.24) is 0 Å². The minimum atomic E-state index is 0.292. The van der Waals surface area contributed by atoms with Crippen molar-refractivity contribution < 1.29 is 9.47 Å². The van der Waals surface area contributed by atoms with Gasteiger partial charge in [0, 0.05) is 22.7 Å². The number of aryl methyl sites for hydroxylation is 1. The van der Waals surface area contributed by atoms with Crippen LogP contribution >= 0.6 is 15.9 Å². The van der Waals surface area contributed by atoms with Gasteiger partial charge in [-0.2, -0.15) is 0 Å². The highest BCUT2D eigenvalue weighted by atomic mass is 79.9. The second-order valence-corrected chi connectivity index (χ2v) is 10.3. The van der Waals surface area contributed by atoms with E-state index >= 15 is 0 Å². The minimum Gasteiger partial charge on any atom is -0.467 e. The summed E-state index contributed by atoms with van der Waals surface area (Å²) in [5.41, 5.74) is 5.44. The lowest BCUT2D eigenvalue weighted by Gasteiger charge is -2.57. The first kappa shape index (κ1) is 18.7. The Balaban J connectivity index is 1.68. The molecule has 0 amide bonds. The highest BCUT2D eigenvalue weighted by Crippen LogP contribution is 2.62. The van der Waals surface area contributed by atoms with Crippen molar-refractivity contribution in [2.24, 2.45) is 17.8 Å². The average Bonchev–Trinajstić information content (AvgIpc) is 2.66. The van der Waals surface area contributed by atoms with E-state index in [0.29, 0.717) is 12.2 Å². The standard InChI is InChI=1S/C25H29BrO2/c1-16-7-21(20-5-3-4-6-23(20)26)24(28-15-27-2)22(8-16)25-12-17-9-18(13-25)11-19(10-17)14-25/h3-8,17-19H,9-15H2,1-2H3. The molecule has 148 valence electrons. The number of methoxy groups -OCH3 is 1. The second-order valence-electron chi connectivity index (χ2n) is 9.42. The molecule has 0 aliphatic heterocycles. The number of hydrogen-bond acceptors (Lipinski definition) is 2. The third kappa shape index (κ3) is 3.11. The maximum absolute atomic E-state index is 6.33. The van der Waals surface area contributed by atoms with E-state index in [1.54, 1.807) is 7.11 Å². The Kier molecular flexibility index (Phi) is 4.79. The van der Waals surface area contributed by atoms with Crippen LogP contribution in [0.25, 0.3) is 11.1 Å². The predicted octanol–water partition coefficient (Wildman–Crippen LogP) is 6.88. The van der Waals surface area contributed by atoms with E-state index in [4.69, 9.17) is 9.47 Å². The van der Waals surface area contributed by atoms with Crippen LogP contribution in [0.4, 0.5) is 0 Å². The molecular formula is C25H29BrO2. The van der Waals surface area contributed by atoms with Crippen molar-refractivity contribution in [2.45, 2.75) is 50.9 Å². The Morgan fingerprint density at radius 1 is 0.964 bits per heavy atom. The van der Waals surface area contributed by atoms with Gasteiger partial charge in [0.1, 0.15) is 5.75 Å². The van der Waals surface area contributed by atoms with Crippen molar-refractivity contribution in [1.29, 1.82) is 0 Å². The molecule has 4 aliphatic rings. The maximum atomic E-state index is 6.33. The molecule has 3 heteroatoms. The molecule has 0 saturated heterocycles. The number of benzene rings is 2. The van der Waals surface area contributed by atoms with Crippen LogP contribution in [0.3, 0.4) is 0 Å². The van der Waals surface area contributed by atoms with E-state index in [1.165, 1.54) is 60.8 Å². The zero-order chi connectivity index (χ0) is 19.3. The number of hydrogen-bond donors (Lipinski definition) is 0. The van der Waals surface area contributed by atoms with Crippen LogP contribution in [0.5, 0.6) is 5.75 Å². The number of ether oxygens (including phenoxy) is 2. The highest BCUT2D eigenvalue weighted by molar-refractivity contribution is 9.10. The fourth-order valence-electron chi connectivity index (χ4n) is 6.76. The summed E-state index contributed by atoms with van der Waals surface area (Å²) in [4.78, 5) is 0. The minimum absolute atomic E-state index is 0.292. The Morgan fingerprint density at radius 2 is 1.61 bits per heavy atom. The smallest absolute Gasteiger partial charge is 0.188 e. The van der Waals surface area contributed by atoms with Crippen molar-refractivity contribution in [3.63, 3.8) is 0 Å². The first-order valence-electron chi connectivity index (χ1n) is 10.6. The van der Waals surface area contributed by atoms with Gasteiger partial charge in [-0.3, -0.25) is 0 Å². The molecule has 0 heterocycles. The number of rotatable bonds is 5. The molecule has 0 radical (unpaired) electrons. The molecule has 0 unspecified atom stereocenters. The zero-order valence-electron chi connectivity index (χ0n) is 16.8. The predicted molar refractivity (Wildman–Crippen MR) is 117 cm³/mol. The molecule has 4 bridgehead atoms. The van der Waals surface area contributed by atoms with Crippen LogP contribution in [0, 0.1) is 24.7 Å². The first-order valence-corrected chi connectivity index (χ1v) is 11.4. The van der Waals surface area contributed by atoms with Crippen molar-refractivity contribution >= 4 is 15.9 Å². The van der Waals surface area contributed by atoms with E-state index in [9.17, 15) is 0 Å². The summed E-state index contributed by atoms with van der Waals surface area (Å²) in [7, 11) is 1.71. The summed E-state index contributed by atoms with van der Waals surface area (Å²) >= 11 is 3.76. The molecule has 6 rings (SSSR count). The molecule has 4 fully saturated rings. The van der Waals surface area contributed by atoms with Crippen molar-refractivity contribution in [3.8, 4) is 16.9 Å². The van der Waals surface area contributed by atoms with Gasteiger partial charge in [0.05, 0.1) is 0 Å². The van der Waals surface area contributed by atoms with Crippen molar-refractivity contribution in [2.75, 3.05) is 13.9 Å². The Hall–Kier alpha value is -1.32. The lowest BCUT2D eigenvalue weighted by molar-refractivity contribution is -0.00877. The summed E-state index contributed by atoms with van der Waals surface area (Å²) in [6, 6.07) is 13.2. The molecular weight excluding hydrogens is 412 g/mol. The summed E-state index contributed by atoms with van der Waals surface area (Å²) < 4.78 is 12.8. The first-order chi connectivity index (χ1) is 13.6. The molecule has 2 nitrogen and oxygen atoms in total. The third-order valence-corrected chi connectivity index (χ3v) is 8.02.